The van der Waals surface area contributed by atoms with Crippen LogP contribution in [0.25, 0.3) is 0 Å². The van der Waals surface area contributed by atoms with Gasteiger partial charge in [-0.25, -0.2) is 5.43 Å². The highest BCUT2D eigenvalue weighted by molar-refractivity contribution is 9.10. The molecule has 0 fully saturated rings. The standard InChI is InChI=1S/C23H20BrN5O5/c1-14-9-17(24)10-15(2)23(14)34-13-22(31)28-25-12-16-11-19(5-8-21(16)30)27-26-18-3-6-20(7-4-18)29(32)33/h3-12,30H,13H2,1-2H3,(H,28,31). The van der Waals surface area contributed by atoms with Gasteiger partial charge in [-0.2, -0.15) is 15.3 Å². The Hall–Kier alpha value is -4.12. The van der Waals surface area contributed by atoms with Crippen LogP contribution in [0.2, 0.25) is 0 Å². The van der Waals surface area contributed by atoms with Gasteiger partial charge >= 0.3 is 0 Å². The maximum absolute atomic E-state index is 12.1. The van der Waals surface area contributed by atoms with Crippen molar-refractivity contribution in [3.05, 3.63) is 85.9 Å². The molecular formula is C23H20BrN5O5. The van der Waals surface area contributed by atoms with Crippen LogP contribution in [0.15, 0.2) is 74.4 Å². The number of nitrogens with zero attached hydrogens (tertiary/aromatic N) is 4. The number of aromatic hydroxyl groups is 1. The molecule has 3 aromatic rings. The van der Waals surface area contributed by atoms with Crippen molar-refractivity contribution in [2.75, 3.05) is 6.61 Å². The number of halogens is 1. The zero-order valence-electron chi connectivity index (χ0n) is 18.2. The molecule has 0 aliphatic carbocycles. The number of nitro benzene ring substituents is 1. The van der Waals surface area contributed by atoms with Crippen molar-refractivity contribution >= 4 is 45.1 Å². The summed E-state index contributed by atoms with van der Waals surface area (Å²) in [4.78, 5) is 22.3. The molecule has 0 unspecified atom stereocenters. The molecular weight excluding hydrogens is 506 g/mol. The largest absolute Gasteiger partial charge is 0.507 e. The quantitative estimate of drug-likeness (QED) is 0.170. The summed E-state index contributed by atoms with van der Waals surface area (Å²) in [5.41, 5.74) is 5.24. The van der Waals surface area contributed by atoms with E-state index in [0.717, 1.165) is 15.6 Å². The summed E-state index contributed by atoms with van der Waals surface area (Å²) < 4.78 is 6.53. The highest BCUT2D eigenvalue weighted by Gasteiger charge is 2.09. The van der Waals surface area contributed by atoms with Crippen LogP contribution in [0.4, 0.5) is 17.1 Å². The van der Waals surface area contributed by atoms with Crippen molar-refractivity contribution in [1.29, 1.82) is 0 Å². The Labute approximate surface area is 203 Å². The fraction of sp³-hybridized carbons (Fsp3) is 0.130. The lowest BCUT2D eigenvalue weighted by Gasteiger charge is -2.11. The third kappa shape index (κ3) is 6.69. The SMILES string of the molecule is Cc1cc(Br)cc(C)c1OCC(=O)NN=Cc1cc(N=Nc2ccc([N+](=O)[O-])cc2)ccc1O. The summed E-state index contributed by atoms with van der Waals surface area (Å²) in [6.07, 6.45) is 1.27. The van der Waals surface area contributed by atoms with Crippen LogP contribution in [-0.2, 0) is 4.79 Å². The zero-order chi connectivity index (χ0) is 24.7. The summed E-state index contributed by atoms with van der Waals surface area (Å²) in [6.45, 7) is 3.55. The highest BCUT2D eigenvalue weighted by Crippen LogP contribution is 2.27. The first-order chi connectivity index (χ1) is 16.2. The summed E-state index contributed by atoms with van der Waals surface area (Å²) in [5.74, 6) is 0.0992. The fourth-order valence-electron chi connectivity index (χ4n) is 2.93. The van der Waals surface area contributed by atoms with Gasteiger partial charge in [-0.1, -0.05) is 15.9 Å². The van der Waals surface area contributed by atoms with Gasteiger partial charge in [0, 0.05) is 22.2 Å². The van der Waals surface area contributed by atoms with E-state index in [1.807, 2.05) is 26.0 Å². The Kier molecular flexibility index (Phi) is 8.04. The van der Waals surface area contributed by atoms with E-state index < -0.39 is 10.8 Å². The number of non-ortho nitro benzene ring substituents is 1. The molecule has 10 nitrogen and oxygen atoms in total. The molecule has 0 radical (unpaired) electrons. The third-order valence-electron chi connectivity index (χ3n) is 4.52. The van der Waals surface area contributed by atoms with E-state index in [9.17, 15) is 20.0 Å². The van der Waals surface area contributed by atoms with Gasteiger partial charge in [-0.3, -0.25) is 14.9 Å². The monoisotopic (exact) mass is 525 g/mol. The predicted molar refractivity (Wildman–Crippen MR) is 130 cm³/mol. The van der Waals surface area contributed by atoms with Crippen molar-refractivity contribution in [2.24, 2.45) is 15.3 Å². The Morgan fingerprint density at radius 1 is 1.09 bits per heavy atom. The van der Waals surface area contributed by atoms with Crippen molar-refractivity contribution in [3.63, 3.8) is 0 Å². The van der Waals surface area contributed by atoms with Gasteiger partial charge in [0.1, 0.15) is 11.5 Å². The van der Waals surface area contributed by atoms with Crippen LogP contribution in [0.5, 0.6) is 11.5 Å². The lowest BCUT2D eigenvalue weighted by Crippen LogP contribution is -2.25. The number of benzene rings is 3. The number of phenols is 1. The van der Waals surface area contributed by atoms with E-state index >= 15 is 0 Å². The number of ether oxygens (including phenoxy) is 1. The molecule has 3 aromatic carbocycles. The second-order valence-corrected chi connectivity index (χ2v) is 8.08. The molecule has 3 rings (SSSR count). The Morgan fingerprint density at radius 2 is 1.71 bits per heavy atom. The minimum atomic E-state index is -0.500. The molecule has 0 saturated heterocycles. The second kappa shape index (κ2) is 11.1. The van der Waals surface area contributed by atoms with Crippen LogP contribution in [0.1, 0.15) is 16.7 Å². The molecule has 2 N–H and O–H groups in total. The molecule has 174 valence electrons. The zero-order valence-corrected chi connectivity index (χ0v) is 19.8. The molecule has 0 aromatic heterocycles. The Bertz CT molecular complexity index is 1250. The number of aryl methyl sites for hydroxylation is 2. The first-order valence-electron chi connectivity index (χ1n) is 9.93. The van der Waals surface area contributed by atoms with E-state index in [0.29, 0.717) is 22.7 Å². The molecule has 34 heavy (non-hydrogen) atoms. The van der Waals surface area contributed by atoms with E-state index in [-0.39, 0.29) is 18.0 Å². The average molecular weight is 526 g/mol. The lowest BCUT2D eigenvalue weighted by molar-refractivity contribution is -0.384. The number of hydrazone groups is 1. The van der Waals surface area contributed by atoms with Crippen LogP contribution in [-0.4, -0.2) is 28.8 Å². The normalized spacial score (nSPS) is 11.1. The van der Waals surface area contributed by atoms with Crippen molar-refractivity contribution in [1.82, 2.24) is 5.43 Å². The molecule has 1 amide bonds. The number of amides is 1. The van der Waals surface area contributed by atoms with Crippen molar-refractivity contribution in [2.45, 2.75) is 13.8 Å². The number of nitro groups is 1. The molecule has 0 spiro atoms. The summed E-state index contributed by atoms with van der Waals surface area (Å²) >= 11 is 3.41. The second-order valence-electron chi connectivity index (χ2n) is 7.17. The fourth-order valence-corrected chi connectivity index (χ4v) is 3.62. The molecule has 0 aliphatic rings. The minimum Gasteiger partial charge on any atom is -0.507 e. The van der Waals surface area contributed by atoms with Gasteiger partial charge in [0.2, 0.25) is 0 Å². The molecule has 11 heteroatoms. The van der Waals surface area contributed by atoms with Crippen molar-refractivity contribution < 1.29 is 19.6 Å². The van der Waals surface area contributed by atoms with Gasteiger partial charge in [0.15, 0.2) is 6.61 Å². The topological polar surface area (TPSA) is 139 Å². The molecule has 0 bridgehead atoms. The number of rotatable bonds is 8. The number of azo groups is 1. The third-order valence-corrected chi connectivity index (χ3v) is 4.98. The minimum absolute atomic E-state index is 0.0448. The predicted octanol–water partition coefficient (Wildman–Crippen LogP) is 5.62. The smallest absolute Gasteiger partial charge is 0.277 e. The van der Waals surface area contributed by atoms with Gasteiger partial charge in [-0.05, 0) is 67.4 Å². The molecule has 0 saturated carbocycles. The number of phenolic OH excluding ortho intramolecular Hbond substituents is 1. The molecule has 0 heterocycles. The summed E-state index contributed by atoms with van der Waals surface area (Å²) in [7, 11) is 0. The Balaban J connectivity index is 1.60. The summed E-state index contributed by atoms with van der Waals surface area (Å²) in [6, 6.07) is 13.9. The number of nitrogens with one attached hydrogen (secondary N) is 1. The first kappa shape index (κ1) is 24.5. The number of carbonyl (C=O) groups excluding carboxylic acids is 1. The number of hydrogen-bond acceptors (Lipinski definition) is 8. The van der Waals surface area contributed by atoms with Gasteiger partial charge < -0.3 is 9.84 Å². The van der Waals surface area contributed by atoms with Crippen LogP contribution in [0, 0.1) is 24.0 Å². The van der Waals surface area contributed by atoms with Crippen molar-refractivity contribution in [3.8, 4) is 11.5 Å². The number of hydrogen-bond donors (Lipinski definition) is 2. The van der Waals surface area contributed by atoms with E-state index in [1.54, 1.807) is 0 Å². The van der Waals surface area contributed by atoms with Gasteiger partial charge in [-0.15, -0.1) is 0 Å². The highest BCUT2D eigenvalue weighted by atomic mass is 79.9. The van der Waals surface area contributed by atoms with E-state index in [1.165, 1.54) is 48.7 Å². The maximum atomic E-state index is 12.1. The maximum Gasteiger partial charge on any atom is 0.277 e. The number of carbonyl (C=O) groups is 1. The molecule has 0 aliphatic heterocycles. The van der Waals surface area contributed by atoms with Crippen LogP contribution < -0.4 is 10.2 Å². The average Bonchev–Trinajstić information content (AvgIpc) is 2.79. The van der Waals surface area contributed by atoms with Crippen LogP contribution in [0.3, 0.4) is 0 Å². The summed E-state index contributed by atoms with van der Waals surface area (Å²) in [5, 5.41) is 32.7. The van der Waals surface area contributed by atoms with E-state index in [2.05, 4.69) is 36.7 Å². The first-order valence-corrected chi connectivity index (χ1v) is 10.7. The Morgan fingerprint density at radius 3 is 2.35 bits per heavy atom. The lowest BCUT2D eigenvalue weighted by atomic mass is 10.1. The molecule has 0 atom stereocenters. The van der Waals surface area contributed by atoms with Gasteiger partial charge in [0.25, 0.3) is 11.6 Å². The van der Waals surface area contributed by atoms with E-state index in [4.69, 9.17) is 4.74 Å². The van der Waals surface area contributed by atoms with Gasteiger partial charge in [0.05, 0.1) is 22.5 Å². The van der Waals surface area contributed by atoms with Crippen LogP contribution >= 0.6 is 15.9 Å².